The first-order valence-corrected chi connectivity index (χ1v) is 12.2. The van der Waals surface area contributed by atoms with Gasteiger partial charge in [0, 0.05) is 3.57 Å². The highest BCUT2D eigenvalue weighted by Gasteiger charge is 2.45. The second-order valence-corrected chi connectivity index (χ2v) is 9.82. The molecule has 170 valence electrons. The Morgan fingerprint density at radius 3 is 2.71 bits per heavy atom. The highest BCUT2D eigenvalue weighted by molar-refractivity contribution is 14.1. The molecule has 3 heterocycles. The number of para-hydroxylation sites is 1. The van der Waals surface area contributed by atoms with E-state index in [1.54, 1.807) is 31.2 Å². The van der Waals surface area contributed by atoms with Crippen molar-refractivity contribution in [3.8, 4) is 0 Å². The molecule has 0 aliphatic carbocycles. The van der Waals surface area contributed by atoms with Crippen LogP contribution in [-0.4, -0.2) is 23.5 Å². The van der Waals surface area contributed by atoms with Gasteiger partial charge in [-0.3, -0.25) is 14.5 Å². The molecule has 0 bridgehead atoms. The first-order chi connectivity index (χ1) is 16.4. The normalized spacial score (nSPS) is 14.9. The average Bonchev–Trinajstić information content (AvgIpc) is 3.36. The highest BCUT2D eigenvalue weighted by atomic mass is 127. The number of rotatable bonds is 5. The summed E-state index contributed by atoms with van der Waals surface area (Å²) in [6, 6.07) is 13.7. The molecule has 4 aromatic rings. The van der Waals surface area contributed by atoms with E-state index in [4.69, 9.17) is 9.15 Å². The summed E-state index contributed by atoms with van der Waals surface area (Å²) in [5.74, 6) is -1.05. The SMILES string of the molecule is C=CCOC(=O)c1sc(N2C(=O)c3oc4ccccc4c(=O)c3C2c2ccc(I)cc2)nc1C. The summed E-state index contributed by atoms with van der Waals surface area (Å²) < 4.78 is 12.1. The Morgan fingerprint density at radius 2 is 1.97 bits per heavy atom. The molecule has 2 aromatic heterocycles. The third kappa shape index (κ3) is 3.64. The van der Waals surface area contributed by atoms with Gasteiger partial charge in [0.25, 0.3) is 5.91 Å². The van der Waals surface area contributed by atoms with Crippen LogP contribution in [0.4, 0.5) is 5.13 Å². The third-order valence-electron chi connectivity index (χ3n) is 5.47. The van der Waals surface area contributed by atoms with Gasteiger partial charge in [0.05, 0.1) is 22.7 Å². The van der Waals surface area contributed by atoms with E-state index in [0.717, 1.165) is 20.5 Å². The number of halogens is 1. The van der Waals surface area contributed by atoms with E-state index >= 15 is 0 Å². The second kappa shape index (κ2) is 8.80. The molecule has 2 aromatic carbocycles. The van der Waals surface area contributed by atoms with Crippen molar-refractivity contribution in [2.75, 3.05) is 11.5 Å². The summed E-state index contributed by atoms with van der Waals surface area (Å²) in [7, 11) is 0. The molecule has 1 aliphatic heterocycles. The highest BCUT2D eigenvalue weighted by Crippen LogP contribution is 2.43. The van der Waals surface area contributed by atoms with E-state index < -0.39 is 17.9 Å². The molecule has 0 saturated carbocycles. The number of aryl methyl sites for hydroxylation is 1. The van der Waals surface area contributed by atoms with Crippen molar-refractivity contribution in [3.05, 3.63) is 102 Å². The fraction of sp³-hybridized carbons (Fsp3) is 0.120. The number of fused-ring (bicyclic) bond motifs is 2. The Labute approximate surface area is 211 Å². The van der Waals surface area contributed by atoms with Crippen molar-refractivity contribution in [2.24, 2.45) is 0 Å². The van der Waals surface area contributed by atoms with Crippen molar-refractivity contribution >= 4 is 61.9 Å². The Kier molecular flexibility index (Phi) is 5.82. The molecule has 1 amide bonds. The van der Waals surface area contributed by atoms with Gasteiger partial charge in [-0.25, -0.2) is 9.78 Å². The smallest absolute Gasteiger partial charge is 0.350 e. The van der Waals surface area contributed by atoms with Crippen LogP contribution in [0.5, 0.6) is 0 Å². The molecule has 1 unspecified atom stereocenters. The topological polar surface area (TPSA) is 89.7 Å². The zero-order valence-electron chi connectivity index (χ0n) is 17.9. The van der Waals surface area contributed by atoms with E-state index in [0.29, 0.717) is 16.7 Å². The van der Waals surface area contributed by atoms with Crippen LogP contribution >= 0.6 is 33.9 Å². The third-order valence-corrected chi connectivity index (χ3v) is 7.33. The number of hydrogen-bond donors (Lipinski definition) is 0. The molecule has 34 heavy (non-hydrogen) atoms. The van der Waals surface area contributed by atoms with E-state index in [1.807, 2.05) is 24.3 Å². The van der Waals surface area contributed by atoms with E-state index in [2.05, 4.69) is 34.2 Å². The van der Waals surface area contributed by atoms with Gasteiger partial charge in [-0.2, -0.15) is 0 Å². The summed E-state index contributed by atoms with van der Waals surface area (Å²) in [6.45, 7) is 5.29. The van der Waals surface area contributed by atoms with Crippen LogP contribution in [0.25, 0.3) is 11.0 Å². The lowest BCUT2D eigenvalue weighted by Gasteiger charge is -2.22. The fourth-order valence-corrected chi connectivity index (χ4v) is 5.30. The molecule has 1 atom stereocenters. The Morgan fingerprint density at radius 1 is 1.24 bits per heavy atom. The van der Waals surface area contributed by atoms with Crippen molar-refractivity contribution in [1.29, 1.82) is 0 Å². The summed E-state index contributed by atoms with van der Waals surface area (Å²) in [5.41, 5.74) is 1.50. The summed E-state index contributed by atoms with van der Waals surface area (Å²) in [4.78, 5) is 45.9. The molecule has 9 heteroatoms. The van der Waals surface area contributed by atoms with Gasteiger partial charge in [0.1, 0.15) is 17.1 Å². The zero-order valence-corrected chi connectivity index (χ0v) is 20.9. The van der Waals surface area contributed by atoms with Crippen LogP contribution in [0, 0.1) is 10.5 Å². The monoisotopic (exact) mass is 584 g/mol. The minimum atomic E-state index is -0.747. The number of benzene rings is 2. The van der Waals surface area contributed by atoms with E-state index in [9.17, 15) is 14.4 Å². The molecule has 0 N–H and O–H groups in total. The van der Waals surface area contributed by atoms with Gasteiger partial charge < -0.3 is 9.15 Å². The Hall–Kier alpha value is -3.31. The molecule has 0 fully saturated rings. The molecule has 5 rings (SSSR count). The van der Waals surface area contributed by atoms with Crippen LogP contribution in [0.1, 0.15) is 43.1 Å². The predicted octanol–water partition coefficient (Wildman–Crippen LogP) is 5.26. The zero-order chi connectivity index (χ0) is 24.0. The number of amides is 1. The predicted molar refractivity (Wildman–Crippen MR) is 138 cm³/mol. The van der Waals surface area contributed by atoms with E-state index in [-0.39, 0.29) is 33.4 Å². The molecule has 0 saturated heterocycles. The summed E-state index contributed by atoms with van der Waals surface area (Å²) in [5, 5.41) is 0.682. The lowest BCUT2D eigenvalue weighted by Crippen LogP contribution is -2.29. The van der Waals surface area contributed by atoms with Crippen molar-refractivity contribution in [2.45, 2.75) is 13.0 Å². The first kappa shape index (κ1) is 22.5. The maximum Gasteiger partial charge on any atom is 0.350 e. The average molecular weight is 584 g/mol. The number of carbonyl (C=O) groups excluding carboxylic acids is 2. The van der Waals surface area contributed by atoms with Gasteiger partial charge in [-0.15, -0.1) is 0 Å². The first-order valence-electron chi connectivity index (χ1n) is 10.3. The van der Waals surface area contributed by atoms with Gasteiger partial charge in [-0.1, -0.05) is 48.3 Å². The number of carbonyl (C=O) groups is 2. The van der Waals surface area contributed by atoms with Crippen LogP contribution in [0.15, 0.2) is 70.4 Å². The standard InChI is InChI=1S/C25H17IN2O5S/c1-3-12-32-24(31)22-13(2)27-25(34-22)28-19(14-8-10-15(26)11-9-14)18-20(29)16-6-4-5-7-17(16)33-21(18)23(28)30/h3-11,19H,1,12H2,2H3. The lowest BCUT2D eigenvalue weighted by molar-refractivity contribution is 0.0554. The van der Waals surface area contributed by atoms with Gasteiger partial charge >= 0.3 is 5.97 Å². The number of hydrogen-bond acceptors (Lipinski definition) is 7. The van der Waals surface area contributed by atoms with Crippen molar-refractivity contribution in [1.82, 2.24) is 4.98 Å². The minimum absolute atomic E-state index is 0.0177. The van der Waals surface area contributed by atoms with Gasteiger partial charge in [0.2, 0.25) is 5.76 Å². The van der Waals surface area contributed by atoms with Crippen molar-refractivity contribution < 1.29 is 18.7 Å². The number of thiazole rings is 1. The maximum absolute atomic E-state index is 13.6. The fourth-order valence-electron chi connectivity index (χ4n) is 3.95. The maximum atomic E-state index is 13.6. The number of aromatic nitrogens is 1. The van der Waals surface area contributed by atoms with Gasteiger partial charge in [0.15, 0.2) is 10.6 Å². The number of ether oxygens (including phenoxy) is 1. The minimum Gasteiger partial charge on any atom is -0.457 e. The largest absolute Gasteiger partial charge is 0.457 e. The molecule has 7 nitrogen and oxygen atoms in total. The second-order valence-electron chi connectivity index (χ2n) is 7.60. The van der Waals surface area contributed by atoms with E-state index in [1.165, 1.54) is 11.0 Å². The van der Waals surface area contributed by atoms with Crippen LogP contribution in [-0.2, 0) is 4.74 Å². The quantitative estimate of drug-likeness (QED) is 0.181. The van der Waals surface area contributed by atoms with Crippen LogP contribution in [0.2, 0.25) is 0 Å². The number of nitrogens with zero attached hydrogens (tertiary/aromatic N) is 2. The lowest BCUT2D eigenvalue weighted by atomic mass is 9.99. The summed E-state index contributed by atoms with van der Waals surface area (Å²) in [6.07, 6.45) is 1.48. The van der Waals surface area contributed by atoms with Gasteiger partial charge in [-0.05, 0) is 59.3 Å². The van der Waals surface area contributed by atoms with Crippen LogP contribution in [0.3, 0.4) is 0 Å². The molecule has 0 radical (unpaired) electrons. The molecule has 0 spiro atoms. The molecular formula is C25H17IN2O5S. The number of esters is 1. The Bertz CT molecular complexity index is 1520. The summed E-state index contributed by atoms with van der Waals surface area (Å²) >= 11 is 3.24. The van der Waals surface area contributed by atoms with Crippen LogP contribution < -0.4 is 10.3 Å². The number of anilines is 1. The Balaban J connectivity index is 1.71. The van der Waals surface area contributed by atoms with Crippen molar-refractivity contribution in [3.63, 3.8) is 0 Å². The molecule has 1 aliphatic rings. The molecular weight excluding hydrogens is 567 g/mol.